The lowest BCUT2D eigenvalue weighted by atomic mass is 9.95. The molecule has 0 unspecified atom stereocenters. The fraction of sp³-hybridized carbons (Fsp3) is 0.412. The number of aromatic nitrogens is 2. The zero-order valence-electron chi connectivity index (χ0n) is 12.9. The van der Waals surface area contributed by atoms with Crippen LogP contribution in [0.25, 0.3) is 0 Å². The second-order valence-electron chi connectivity index (χ2n) is 6.01. The highest BCUT2D eigenvalue weighted by molar-refractivity contribution is 6.30. The van der Waals surface area contributed by atoms with Crippen LogP contribution in [-0.4, -0.2) is 39.9 Å². The van der Waals surface area contributed by atoms with E-state index in [0.29, 0.717) is 17.4 Å². The van der Waals surface area contributed by atoms with Crippen LogP contribution in [0.5, 0.6) is 0 Å². The average Bonchev–Trinajstić information content (AvgIpc) is 3.11. The molecule has 0 radical (unpaired) electrons. The maximum Gasteiger partial charge on any atom is 0.239 e. The molecule has 1 amide bonds. The SMILES string of the molecule is N[C@H](Cc1ccc(Cl)cc1)C(=O)N1CCC(c2ncc[nH]2)CC1. The van der Waals surface area contributed by atoms with Gasteiger partial charge in [0, 0.05) is 36.4 Å². The Bertz CT molecular complexity index is 633. The van der Waals surface area contributed by atoms with E-state index in [1.54, 1.807) is 6.20 Å². The molecule has 0 aliphatic carbocycles. The van der Waals surface area contributed by atoms with Crippen molar-refractivity contribution in [3.05, 3.63) is 53.1 Å². The number of carbonyl (C=O) groups excluding carboxylic acids is 1. The number of nitrogens with zero attached hydrogens (tertiary/aromatic N) is 2. The number of hydrogen-bond acceptors (Lipinski definition) is 3. The van der Waals surface area contributed by atoms with Crippen LogP contribution in [0.3, 0.4) is 0 Å². The van der Waals surface area contributed by atoms with Gasteiger partial charge in [-0.15, -0.1) is 0 Å². The number of imidazole rings is 1. The second-order valence-corrected chi connectivity index (χ2v) is 6.45. The predicted octanol–water partition coefficient (Wildman–Crippen LogP) is 2.34. The number of amides is 1. The Kier molecular flexibility index (Phi) is 4.98. The maximum atomic E-state index is 12.5. The summed E-state index contributed by atoms with van der Waals surface area (Å²) in [5.41, 5.74) is 7.13. The van der Waals surface area contributed by atoms with Crippen molar-refractivity contribution in [3.63, 3.8) is 0 Å². The Labute approximate surface area is 140 Å². The van der Waals surface area contributed by atoms with E-state index in [4.69, 9.17) is 17.3 Å². The number of likely N-dealkylation sites (tertiary alicyclic amines) is 1. The minimum Gasteiger partial charge on any atom is -0.348 e. The van der Waals surface area contributed by atoms with Gasteiger partial charge >= 0.3 is 0 Å². The summed E-state index contributed by atoms with van der Waals surface area (Å²) in [6, 6.07) is 6.97. The normalized spacial score (nSPS) is 17.2. The Morgan fingerprint density at radius 1 is 1.35 bits per heavy atom. The fourth-order valence-corrected chi connectivity index (χ4v) is 3.20. The molecule has 6 heteroatoms. The molecule has 2 heterocycles. The number of piperidine rings is 1. The Morgan fingerprint density at radius 2 is 2.04 bits per heavy atom. The van der Waals surface area contributed by atoms with Crippen LogP contribution in [0.1, 0.15) is 30.1 Å². The Balaban J connectivity index is 1.53. The Morgan fingerprint density at radius 3 is 2.65 bits per heavy atom. The summed E-state index contributed by atoms with van der Waals surface area (Å²) in [5, 5.41) is 0.689. The molecule has 3 N–H and O–H groups in total. The third-order valence-electron chi connectivity index (χ3n) is 4.40. The van der Waals surface area contributed by atoms with Crippen molar-refractivity contribution in [2.45, 2.75) is 31.2 Å². The lowest BCUT2D eigenvalue weighted by Gasteiger charge is -2.32. The molecule has 0 bridgehead atoms. The molecule has 0 saturated carbocycles. The van der Waals surface area contributed by atoms with Gasteiger partial charge in [-0.2, -0.15) is 0 Å². The topological polar surface area (TPSA) is 75.0 Å². The van der Waals surface area contributed by atoms with Crippen LogP contribution in [0.2, 0.25) is 5.02 Å². The highest BCUT2D eigenvalue weighted by Gasteiger charge is 2.27. The molecule has 122 valence electrons. The van der Waals surface area contributed by atoms with Crippen molar-refractivity contribution >= 4 is 17.5 Å². The molecule has 3 rings (SSSR count). The second kappa shape index (κ2) is 7.15. The van der Waals surface area contributed by atoms with E-state index in [-0.39, 0.29) is 5.91 Å². The first-order valence-corrected chi connectivity index (χ1v) is 8.29. The molecule has 0 spiro atoms. The highest BCUT2D eigenvalue weighted by Crippen LogP contribution is 2.25. The van der Waals surface area contributed by atoms with E-state index in [0.717, 1.165) is 37.3 Å². The third kappa shape index (κ3) is 3.92. The molecule has 1 aromatic carbocycles. The van der Waals surface area contributed by atoms with Crippen molar-refractivity contribution in [2.24, 2.45) is 5.73 Å². The molecule has 5 nitrogen and oxygen atoms in total. The maximum absolute atomic E-state index is 12.5. The first-order valence-electron chi connectivity index (χ1n) is 7.91. The Hall–Kier alpha value is -1.85. The predicted molar refractivity (Wildman–Crippen MR) is 90.3 cm³/mol. The zero-order valence-corrected chi connectivity index (χ0v) is 13.7. The van der Waals surface area contributed by atoms with Gasteiger partial charge < -0.3 is 15.6 Å². The minimum atomic E-state index is -0.503. The highest BCUT2D eigenvalue weighted by atomic mass is 35.5. The number of nitrogens with two attached hydrogens (primary N) is 1. The van der Waals surface area contributed by atoms with E-state index in [9.17, 15) is 4.79 Å². The quantitative estimate of drug-likeness (QED) is 0.902. The van der Waals surface area contributed by atoms with Gasteiger partial charge in [0.05, 0.1) is 6.04 Å². The van der Waals surface area contributed by atoms with Gasteiger partial charge in [-0.1, -0.05) is 23.7 Å². The lowest BCUT2D eigenvalue weighted by Crippen LogP contribution is -2.47. The zero-order chi connectivity index (χ0) is 16.2. The van der Waals surface area contributed by atoms with Gasteiger partial charge in [-0.3, -0.25) is 4.79 Å². The molecule has 1 aromatic heterocycles. The van der Waals surface area contributed by atoms with Gasteiger partial charge in [0.15, 0.2) is 0 Å². The van der Waals surface area contributed by atoms with E-state index >= 15 is 0 Å². The molecular weight excluding hydrogens is 312 g/mol. The summed E-state index contributed by atoms with van der Waals surface area (Å²) in [7, 11) is 0. The van der Waals surface area contributed by atoms with Crippen LogP contribution >= 0.6 is 11.6 Å². The first-order chi connectivity index (χ1) is 11.1. The first kappa shape index (κ1) is 16.0. The summed E-state index contributed by atoms with van der Waals surface area (Å²) in [4.78, 5) is 21.9. The van der Waals surface area contributed by atoms with Crippen LogP contribution in [0, 0.1) is 0 Å². The molecular formula is C17H21ClN4O. The van der Waals surface area contributed by atoms with Crippen LogP contribution in [0.4, 0.5) is 0 Å². The van der Waals surface area contributed by atoms with Gasteiger partial charge in [0.1, 0.15) is 5.82 Å². The summed E-state index contributed by atoms with van der Waals surface area (Å²) in [5.74, 6) is 1.45. The molecule has 1 fully saturated rings. The van der Waals surface area contributed by atoms with Crippen molar-refractivity contribution in [2.75, 3.05) is 13.1 Å². The number of rotatable bonds is 4. The van der Waals surface area contributed by atoms with Gasteiger partial charge in [0.25, 0.3) is 0 Å². The van der Waals surface area contributed by atoms with Crippen molar-refractivity contribution in [1.82, 2.24) is 14.9 Å². The molecule has 1 aliphatic heterocycles. The van der Waals surface area contributed by atoms with E-state index in [2.05, 4.69) is 9.97 Å². The number of aromatic amines is 1. The monoisotopic (exact) mass is 332 g/mol. The molecule has 2 aromatic rings. The smallest absolute Gasteiger partial charge is 0.239 e. The average molecular weight is 333 g/mol. The standard InChI is InChI=1S/C17H21ClN4O/c18-14-3-1-12(2-4-14)11-15(19)17(23)22-9-5-13(6-10-22)16-20-7-8-21-16/h1-4,7-8,13,15H,5-6,9-11,19H2,(H,20,21)/t15-/m1/s1. The number of H-pyrrole nitrogens is 1. The van der Waals surface area contributed by atoms with Crippen LogP contribution in [-0.2, 0) is 11.2 Å². The van der Waals surface area contributed by atoms with Crippen molar-refractivity contribution in [3.8, 4) is 0 Å². The third-order valence-corrected chi connectivity index (χ3v) is 4.65. The van der Waals surface area contributed by atoms with E-state index in [1.807, 2.05) is 35.4 Å². The number of hydrogen-bond donors (Lipinski definition) is 2. The lowest BCUT2D eigenvalue weighted by molar-refractivity contribution is -0.133. The minimum absolute atomic E-state index is 0.0258. The molecule has 1 aliphatic rings. The largest absolute Gasteiger partial charge is 0.348 e. The molecule has 1 saturated heterocycles. The van der Waals surface area contributed by atoms with Gasteiger partial charge in [-0.05, 0) is 37.0 Å². The fourth-order valence-electron chi connectivity index (χ4n) is 3.07. The van der Waals surface area contributed by atoms with Crippen LogP contribution < -0.4 is 5.73 Å². The number of nitrogens with one attached hydrogen (secondary N) is 1. The van der Waals surface area contributed by atoms with Crippen molar-refractivity contribution < 1.29 is 4.79 Å². The van der Waals surface area contributed by atoms with E-state index < -0.39 is 6.04 Å². The summed E-state index contributed by atoms with van der Waals surface area (Å²) < 4.78 is 0. The number of carbonyl (C=O) groups is 1. The summed E-state index contributed by atoms with van der Waals surface area (Å²) in [6.07, 6.45) is 6.00. The van der Waals surface area contributed by atoms with Gasteiger partial charge in [-0.25, -0.2) is 4.98 Å². The molecule has 1 atom stereocenters. The summed E-state index contributed by atoms with van der Waals surface area (Å²) in [6.45, 7) is 1.47. The van der Waals surface area contributed by atoms with E-state index in [1.165, 1.54) is 0 Å². The summed E-state index contributed by atoms with van der Waals surface area (Å²) >= 11 is 5.87. The van der Waals surface area contributed by atoms with Crippen molar-refractivity contribution in [1.29, 1.82) is 0 Å². The van der Waals surface area contributed by atoms with Crippen LogP contribution in [0.15, 0.2) is 36.7 Å². The van der Waals surface area contributed by atoms with Gasteiger partial charge in [0.2, 0.25) is 5.91 Å². The number of halogens is 1. The number of benzene rings is 1. The molecule has 23 heavy (non-hydrogen) atoms.